The van der Waals surface area contributed by atoms with E-state index in [1.807, 2.05) is 0 Å². The van der Waals surface area contributed by atoms with Crippen LogP contribution in [0, 0.1) is 0 Å². The minimum absolute atomic E-state index is 0. The first-order valence-corrected chi connectivity index (χ1v) is 5.56. The zero-order chi connectivity index (χ0) is 10.9. The molecule has 80 valence electrons. The van der Waals surface area contributed by atoms with Gasteiger partial charge in [-0.3, -0.25) is 4.55 Å². The minimum Gasteiger partial charge on any atom is -1.00 e. The van der Waals surface area contributed by atoms with E-state index in [1.165, 1.54) is 7.11 Å². The molecule has 0 saturated heterocycles. The van der Waals surface area contributed by atoms with E-state index < -0.39 is 10.1 Å². The Hall–Kier alpha value is 0.510. The Morgan fingerprint density at radius 3 is 2.00 bits per heavy atom. The second-order valence-corrected chi connectivity index (χ2v) is 4.63. The summed E-state index contributed by atoms with van der Waals surface area (Å²) in [6.45, 7) is 0. The monoisotopic (exact) mass is 280 g/mol. The third kappa shape index (κ3) is 3.78. The van der Waals surface area contributed by atoms with E-state index in [1.54, 1.807) is 0 Å². The predicted octanol–water partition coefficient (Wildman–Crippen LogP) is -0.635. The van der Waals surface area contributed by atoms with Gasteiger partial charge in [-0.05, 0) is 12.1 Å². The van der Waals surface area contributed by atoms with Crippen molar-refractivity contribution in [3.05, 3.63) is 22.2 Å². The van der Waals surface area contributed by atoms with Crippen LogP contribution in [-0.4, -0.2) is 20.1 Å². The molecule has 15 heavy (non-hydrogen) atoms. The Morgan fingerprint density at radius 1 is 1.33 bits per heavy atom. The molecule has 4 nitrogen and oxygen atoms in total. The van der Waals surface area contributed by atoms with Crippen molar-refractivity contribution in [1.82, 2.24) is 0 Å². The van der Waals surface area contributed by atoms with E-state index in [9.17, 15) is 8.42 Å². The maximum atomic E-state index is 10.7. The van der Waals surface area contributed by atoms with Gasteiger partial charge in [-0.25, -0.2) is 0 Å². The van der Waals surface area contributed by atoms with Gasteiger partial charge in [0.1, 0.15) is 0 Å². The first-order chi connectivity index (χ1) is 6.36. The maximum Gasteiger partial charge on any atom is 1.00 e. The van der Waals surface area contributed by atoms with Gasteiger partial charge in [-0.15, -0.1) is 0 Å². The molecule has 0 aliphatic heterocycles. The summed E-state index contributed by atoms with van der Waals surface area (Å²) in [5, 5.41) is 0.0419. The molecule has 1 N–H and O–H groups in total. The molecule has 0 aliphatic carbocycles. The average Bonchev–Trinajstić information content (AvgIpc) is 2.01. The van der Waals surface area contributed by atoms with Crippen molar-refractivity contribution >= 4 is 33.3 Å². The summed E-state index contributed by atoms with van der Waals surface area (Å²) in [4.78, 5) is -0.367. The van der Waals surface area contributed by atoms with Crippen LogP contribution in [0.4, 0.5) is 0 Å². The second-order valence-electron chi connectivity index (χ2n) is 2.40. The van der Waals surface area contributed by atoms with E-state index in [2.05, 4.69) is 0 Å². The van der Waals surface area contributed by atoms with Gasteiger partial charge in [-0.2, -0.15) is 8.42 Å². The van der Waals surface area contributed by atoms with Gasteiger partial charge in [-0.1, -0.05) is 23.2 Å². The number of ether oxygens (including phenoxy) is 1. The first kappa shape index (κ1) is 15.5. The van der Waals surface area contributed by atoms with Gasteiger partial charge in [0, 0.05) is 0 Å². The largest absolute Gasteiger partial charge is 1.00 e. The Bertz CT molecular complexity index is 442. The van der Waals surface area contributed by atoms with Gasteiger partial charge in [0.15, 0.2) is 5.75 Å². The van der Waals surface area contributed by atoms with Crippen LogP contribution in [0.3, 0.4) is 0 Å². The van der Waals surface area contributed by atoms with Crippen LogP contribution in [0.1, 0.15) is 1.43 Å². The molecule has 0 atom stereocenters. The Kier molecular flexibility index (Phi) is 5.92. The first-order valence-electron chi connectivity index (χ1n) is 3.37. The molecule has 8 heteroatoms. The quantitative estimate of drug-likeness (QED) is 0.579. The van der Waals surface area contributed by atoms with E-state index >= 15 is 0 Å². The van der Waals surface area contributed by atoms with Crippen molar-refractivity contribution in [2.75, 3.05) is 7.11 Å². The van der Waals surface area contributed by atoms with Crippen LogP contribution in [-0.2, 0) is 10.1 Å². The Balaban J connectivity index is 0. The summed E-state index contributed by atoms with van der Waals surface area (Å²) < 4.78 is 35.0. The van der Waals surface area contributed by atoms with Crippen LogP contribution in [0.15, 0.2) is 17.0 Å². The fraction of sp³-hybridized carbons (Fsp3) is 0.143. The number of methoxy groups -OCH3 is 1. The maximum absolute atomic E-state index is 10.7. The predicted molar refractivity (Wildman–Crippen MR) is 53.9 cm³/mol. The summed E-state index contributed by atoms with van der Waals surface area (Å²) in [6.07, 6.45) is 0. The number of benzene rings is 1. The zero-order valence-electron chi connectivity index (χ0n) is 8.99. The molecule has 0 radical (unpaired) electrons. The van der Waals surface area contributed by atoms with Crippen LogP contribution in [0.25, 0.3) is 0 Å². The van der Waals surface area contributed by atoms with Crippen LogP contribution < -0.4 is 34.3 Å². The minimum atomic E-state index is -4.30. The summed E-state index contributed by atoms with van der Waals surface area (Å²) in [5.74, 6) is 0.167. The molecule has 0 aromatic heterocycles. The number of hydrogen-bond donors (Lipinski definition) is 1. The molecule has 0 saturated carbocycles. The fourth-order valence-electron chi connectivity index (χ4n) is 0.881. The third-order valence-electron chi connectivity index (χ3n) is 1.47. The second kappa shape index (κ2) is 5.72. The van der Waals surface area contributed by atoms with Gasteiger partial charge < -0.3 is 6.16 Å². The van der Waals surface area contributed by atoms with Crippen molar-refractivity contribution in [2.45, 2.75) is 4.90 Å². The van der Waals surface area contributed by atoms with Crippen molar-refractivity contribution < 1.29 is 48.7 Å². The number of hydrogen-bond acceptors (Lipinski definition) is 3. The molecule has 0 amide bonds. The molecule has 0 bridgehead atoms. The molecular formula is C7H7Cl2NaO4S. The topological polar surface area (TPSA) is 63.6 Å². The smallest absolute Gasteiger partial charge is 1.00 e. The van der Waals surface area contributed by atoms with Gasteiger partial charge in [0.25, 0.3) is 10.1 Å². The normalized spacial score (nSPS) is 10.7. The van der Waals surface area contributed by atoms with Crippen molar-refractivity contribution in [2.24, 2.45) is 0 Å². The van der Waals surface area contributed by atoms with Crippen LogP contribution in [0.5, 0.6) is 5.75 Å². The number of halogens is 2. The van der Waals surface area contributed by atoms with Gasteiger partial charge >= 0.3 is 29.6 Å². The molecule has 1 aromatic carbocycles. The zero-order valence-corrected chi connectivity index (χ0v) is 12.3. The molecule has 0 fully saturated rings. The third-order valence-corrected chi connectivity index (χ3v) is 2.87. The van der Waals surface area contributed by atoms with E-state index in [0.29, 0.717) is 0 Å². The van der Waals surface area contributed by atoms with E-state index in [0.717, 1.165) is 12.1 Å². The summed E-state index contributed by atoms with van der Waals surface area (Å²) in [5.41, 5.74) is 0. The molecule has 0 heterocycles. The number of rotatable bonds is 2. The molecule has 1 rings (SSSR count). The van der Waals surface area contributed by atoms with Gasteiger partial charge in [0.05, 0.1) is 22.1 Å². The van der Waals surface area contributed by atoms with Crippen molar-refractivity contribution in [3.8, 4) is 5.75 Å². The van der Waals surface area contributed by atoms with Crippen molar-refractivity contribution in [1.29, 1.82) is 0 Å². The summed E-state index contributed by atoms with van der Waals surface area (Å²) >= 11 is 11.3. The molecule has 1 aromatic rings. The standard InChI is InChI=1S/C7H6Cl2O4S.Na.H/c1-13-7-5(8)2-4(3-6(7)9)14(10,11)12;;/h2-3H,1H3,(H,10,11,12);;/q;+1;-1. The molecule has 0 unspecified atom stereocenters. The SMILES string of the molecule is COc1c(Cl)cc(S(=O)(=O)O)cc1Cl.[H-].[Na+]. The van der Waals surface area contributed by atoms with Crippen LogP contribution in [0.2, 0.25) is 10.0 Å². The van der Waals surface area contributed by atoms with E-state index in [4.69, 9.17) is 32.5 Å². The van der Waals surface area contributed by atoms with Crippen LogP contribution >= 0.6 is 23.2 Å². The summed E-state index contributed by atoms with van der Waals surface area (Å²) in [6, 6.07) is 2.11. The van der Waals surface area contributed by atoms with E-state index in [-0.39, 0.29) is 51.7 Å². The fourth-order valence-corrected chi connectivity index (χ4v) is 2.18. The summed E-state index contributed by atoms with van der Waals surface area (Å²) in [7, 11) is -2.95. The van der Waals surface area contributed by atoms with Crippen molar-refractivity contribution in [3.63, 3.8) is 0 Å². The Morgan fingerprint density at radius 2 is 1.73 bits per heavy atom. The Labute approximate surface area is 121 Å². The van der Waals surface area contributed by atoms with Gasteiger partial charge in [0.2, 0.25) is 0 Å². The average molecular weight is 281 g/mol. The molecule has 0 spiro atoms. The molecule has 0 aliphatic rings. The molecular weight excluding hydrogens is 274 g/mol.